The number of halogens is 6. The van der Waals surface area contributed by atoms with Crippen LogP contribution in [-0.2, 0) is 11.2 Å². The third-order valence-corrected chi connectivity index (χ3v) is 5.31. The first-order chi connectivity index (χ1) is 13.4. The molecule has 0 saturated heterocycles. The van der Waals surface area contributed by atoms with E-state index in [1.54, 1.807) is 6.92 Å². The maximum absolute atomic E-state index is 13.2. The smallest absolute Gasteiger partial charge is 0.398 e. The summed E-state index contributed by atoms with van der Waals surface area (Å²) in [5, 5.41) is 20.0. The van der Waals surface area contributed by atoms with Crippen LogP contribution < -0.4 is 11.5 Å². The van der Waals surface area contributed by atoms with Crippen molar-refractivity contribution >= 4 is 11.4 Å². The number of aliphatic hydroxyl groups is 2. The predicted octanol–water partition coefficient (Wildman–Crippen LogP) is 4.54. The molecule has 2 aromatic carbocycles. The Labute approximate surface area is 169 Å². The zero-order valence-corrected chi connectivity index (χ0v) is 16.4. The lowest BCUT2D eigenvalue weighted by Gasteiger charge is -2.30. The molecule has 10 heteroatoms. The minimum atomic E-state index is -5.00. The summed E-state index contributed by atoms with van der Waals surface area (Å²) in [5.74, 6) is -0.697. The highest BCUT2D eigenvalue weighted by molar-refractivity contribution is 5.56. The fourth-order valence-electron chi connectivity index (χ4n) is 3.03. The molecule has 30 heavy (non-hydrogen) atoms. The highest BCUT2D eigenvalue weighted by Gasteiger charge is 2.53. The Morgan fingerprint density at radius 1 is 0.700 bits per heavy atom. The predicted molar refractivity (Wildman–Crippen MR) is 100 cm³/mol. The Bertz CT molecular complexity index is 860. The summed E-state index contributed by atoms with van der Waals surface area (Å²) in [6.07, 6.45) is -9.99. The molecule has 0 saturated carbocycles. The van der Waals surface area contributed by atoms with E-state index in [0.717, 1.165) is 12.1 Å². The maximum atomic E-state index is 13.2. The van der Waals surface area contributed by atoms with Crippen molar-refractivity contribution in [2.75, 3.05) is 11.5 Å². The molecule has 0 heterocycles. The fraction of sp³-hybridized carbons (Fsp3) is 0.400. The van der Waals surface area contributed by atoms with Crippen LogP contribution in [0.25, 0.3) is 0 Å². The van der Waals surface area contributed by atoms with Gasteiger partial charge in [-0.15, -0.1) is 0 Å². The van der Waals surface area contributed by atoms with Crippen molar-refractivity contribution in [3.05, 3.63) is 58.7 Å². The molecule has 0 aromatic heterocycles. The SMILES string of the molecule is CC(c1ccc(N)c(C(C)(O)C(F)(F)F)c1)c1ccc(N)c(C(C)(O)C(F)(F)F)c1. The molecular formula is C20H22F6N2O2. The van der Waals surface area contributed by atoms with Gasteiger partial charge in [-0.3, -0.25) is 0 Å². The molecule has 166 valence electrons. The first-order valence-corrected chi connectivity index (χ1v) is 8.79. The third kappa shape index (κ3) is 4.06. The van der Waals surface area contributed by atoms with Crippen LogP contribution in [0.2, 0.25) is 0 Å². The molecule has 0 radical (unpaired) electrons. The van der Waals surface area contributed by atoms with Crippen LogP contribution in [0, 0.1) is 0 Å². The van der Waals surface area contributed by atoms with E-state index < -0.39 is 40.6 Å². The van der Waals surface area contributed by atoms with Gasteiger partial charge >= 0.3 is 12.4 Å². The van der Waals surface area contributed by atoms with Gasteiger partial charge < -0.3 is 21.7 Å². The molecule has 0 amide bonds. The summed E-state index contributed by atoms with van der Waals surface area (Å²) in [6, 6.07) is 7.32. The van der Waals surface area contributed by atoms with E-state index in [1.165, 1.54) is 24.3 Å². The number of alkyl halides is 6. The number of benzene rings is 2. The molecule has 0 aliphatic heterocycles. The van der Waals surface area contributed by atoms with E-state index in [1.807, 2.05) is 0 Å². The lowest BCUT2D eigenvalue weighted by atomic mass is 9.84. The van der Waals surface area contributed by atoms with Crippen molar-refractivity contribution in [1.82, 2.24) is 0 Å². The van der Waals surface area contributed by atoms with E-state index in [0.29, 0.717) is 13.8 Å². The molecule has 2 unspecified atom stereocenters. The second-order valence-corrected chi connectivity index (χ2v) is 7.56. The van der Waals surface area contributed by atoms with Crippen molar-refractivity contribution in [3.8, 4) is 0 Å². The van der Waals surface area contributed by atoms with Gasteiger partial charge in [0, 0.05) is 28.4 Å². The normalized spacial score (nSPS) is 17.8. The van der Waals surface area contributed by atoms with Crippen LogP contribution in [-0.4, -0.2) is 22.6 Å². The summed E-state index contributed by atoms with van der Waals surface area (Å²) in [6.45, 7) is 2.68. The van der Waals surface area contributed by atoms with Crippen molar-refractivity contribution in [1.29, 1.82) is 0 Å². The topological polar surface area (TPSA) is 92.5 Å². The van der Waals surface area contributed by atoms with Gasteiger partial charge in [0.05, 0.1) is 0 Å². The van der Waals surface area contributed by atoms with Gasteiger partial charge in [0.2, 0.25) is 0 Å². The fourth-order valence-corrected chi connectivity index (χ4v) is 3.03. The Hall–Kier alpha value is -2.46. The van der Waals surface area contributed by atoms with E-state index in [-0.39, 0.29) is 22.5 Å². The van der Waals surface area contributed by atoms with Gasteiger partial charge in [-0.1, -0.05) is 19.1 Å². The second kappa shape index (κ2) is 7.35. The molecule has 2 aromatic rings. The van der Waals surface area contributed by atoms with Gasteiger partial charge in [-0.05, 0) is 49.2 Å². The van der Waals surface area contributed by atoms with Crippen molar-refractivity contribution in [2.45, 2.75) is 50.2 Å². The lowest BCUT2D eigenvalue weighted by molar-refractivity contribution is -0.258. The van der Waals surface area contributed by atoms with Crippen molar-refractivity contribution in [2.24, 2.45) is 0 Å². The zero-order chi connectivity index (χ0) is 23.3. The molecule has 2 atom stereocenters. The van der Waals surface area contributed by atoms with E-state index >= 15 is 0 Å². The first kappa shape index (κ1) is 23.8. The van der Waals surface area contributed by atoms with Gasteiger partial charge in [-0.25, -0.2) is 0 Å². The summed E-state index contributed by atoms with van der Waals surface area (Å²) >= 11 is 0. The molecule has 0 spiro atoms. The molecule has 0 aliphatic rings. The molecule has 6 N–H and O–H groups in total. The lowest BCUT2D eigenvalue weighted by Crippen LogP contribution is -2.40. The second-order valence-electron chi connectivity index (χ2n) is 7.56. The van der Waals surface area contributed by atoms with Gasteiger partial charge in [0.25, 0.3) is 0 Å². The van der Waals surface area contributed by atoms with Crippen LogP contribution in [0.4, 0.5) is 37.7 Å². The van der Waals surface area contributed by atoms with Crippen LogP contribution >= 0.6 is 0 Å². The van der Waals surface area contributed by atoms with E-state index in [9.17, 15) is 36.6 Å². The van der Waals surface area contributed by atoms with E-state index in [4.69, 9.17) is 11.5 Å². The molecule has 2 rings (SSSR count). The van der Waals surface area contributed by atoms with Crippen LogP contribution in [0.5, 0.6) is 0 Å². The van der Waals surface area contributed by atoms with Gasteiger partial charge in [0.1, 0.15) is 0 Å². The van der Waals surface area contributed by atoms with Crippen molar-refractivity contribution in [3.63, 3.8) is 0 Å². The number of anilines is 2. The summed E-state index contributed by atoms with van der Waals surface area (Å²) in [4.78, 5) is 0. The Morgan fingerprint density at radius 3 is 1.27 bits per heavy atom. The highest BCUT2D eigenvalue weighted by Crippen LogP contribution is 2.44. The standard InChI is InChI=1S/C20H22F6N2O2/c1-10(11-4-6-15(27)13(8-11)17(2,29)19(21,22)23)12-5-7-16(28)14(9-12)18(3,30)20(24,25)26/h4-10,29-30H,27-28H2,1-3H3. The minimum absolute atomic E-state index is 0.270. The molecule has 0 bridgehead atoms. The Kier molecular flexibility index (Phi) is 5.83. The third-order valence-electron chi connectivity index (χ3n) is 5.31. The number of rotatable bonds is 4. The Morgan fingerprint density at radius 2 is 1.00 bits per heavy atom. The van der Waals surface area contributed by atoms with Crippen LogP contribution in [0.3, 0.4) is 0 Å². The number of nitrogen functional groups attached to an aromatic ring is 2. The molecule has 0 fully saturated rings. The molecule has 0 aliphatic carbocycles. The number of nitrogens with two attached hydrogens (primary N) is 2. The summed E-state index contributed by atoms with van der Waals surface area (Å²) < 4.78 is 79.4. The highest BCUT2D eigenvalue weighted by atomic mass is 19.4. The average molecular weight is 436 g/mol. The van der Waals surface area contributed by atoms with Crippen LogP contribution in [0.1, 0.15) is 48.9 Å². The van der Waals surface area contributed by atoms with Gasteiger partial charge in [-0.2, -0.15) is 26.3 Å². The maximum Gasteiger partial charge on any atom is 0.421 e. The Balaban J connectivity index is 2.57. The number of hydrogen-bond acceptors (Lipinski definition) is 4. The molecular weight excluding hydrogens is 414 g/mol. The first-order valence-electron chi connectivity index (χ1n) is 8.79. The molecule has 4 nitrogen and oxygen atoms in total. The quantitative estimate of drug-likeness (QED) is 0.418. The minimum Gasteiger partial charge on any atom is -0.398 e. The summed E-state index contributed by atoms with van der Waals surface area (Å²) in [7, 11) is 0. The largest absolute Gasteiger partial charge is 0.421 e. The van der Waals surface area contributed by atoms with Gasteiger partial charge in [0.15, 0.2) is 11.2 Å². The summed E-state index contributed by atoms with van der Waals surface area (Å²) in [5.41, 5.74) is 3.63. The monoisotopic (exact) mass is 436 g/mol. The van der Waals surface area contributed by atoms with E-state index in [2.05, 4.69) is 0 Å². The van der Waals surface area contributed by atoms with Crippen LogP contribution in [0.15, 0.2) is 36.4 Å². The number of hydrogen-bond donors (Lipinski definition) is 4. The average Bonchev–Trinajstić information content (AvgIpc) is 2.59. The zero-order valence-electron chi connectivity index (χ0n) is 16.4. The van der Waals surface area contributed by atoms with Crippen molar-refractivity contribution < 1.29 is 36.6 Å².